The summed E-state index contributed by atoms with van der Waals surface area (Å²) in [5.41, 5.74) is 0.142. The van der Waals surface area contributed by atoms with Crippen molar-refractivity contribution in [1.29, 1.82) is 0 Å². The Morgan fingerprint density at radius 3 is 3.05 bits per heavy atom. The standard InChI is InChI=1S/C12H8ClN3O4S/c13-7-2-1-3-8(16(18)19)10(7)20-11-9(6-17)15-4-5-21-12(15)14-11/h1-5,17H,6H2. The summed E-state index contributed by atoms with van der Waals surface area (Å²) >= 11 is 7.32. The highest BCUT2D eigenvalue weighted by Gasteiger charge is 2.22. The summed E-state index contributed by atoms with van der Waals surface area (Å²) in [5, 5.41) is 22.4. The molecule has 0 radical (unpaired) electrons. The third-order valence-electron chi connectivity index (χ3n) is 2.82. The van der Waals surface area contributed by atoms with Gasteiger partial charge in [0.15, 0.2) is 4.96 Å². The molecule has 0 bridgehead atoms. The van der Waals surface area contributed by atoms with Gasteiger partial charge in [-0.05, 0) is 6.07 Å². The Balaban J connectivity index is 2.10. The van der Waals surface area contributed by atoms with Crippen molar-refractivity contribution in [3.05, 3.63) is 50.6 Å². The van der Waals surface area contributed by atoms with E-state index in [1.54, 1.807) is 10.6 Å². The van der Waals surface area contributed by atoms with E-state index in [0.29, 0.717) is 10.7 Å². The zero-order valence-corrected chi connectivity index (χ0v) is 12.0. The molecule has 21 heavy (non-hydrogen) atoms. The smallest absolute Gasteiger partial charge is 0.313 e. The van der Waals surface area contributed by atoms with E-state index in [-0.39, 0.29) is 28.9 Å². The van der Waals surface area contributed by atoms with E-state index in [0.717, 1.165) is 0 Å². The first-order valence-electron chi connectivity index (χ1n) is 5.78. The molecule has 0 atom stereocenters. The average Bonchev–Trinajstić information content (AvgIpc) is 3.00. The van der Waals surface area contributed by atoms with Crippen LogP contribution < -0.4 is 4.74 Å². The molecule has 0 amide bonds. The number of ether oxygens (including phenoxy) is 1. The fourth-order valence-corrected chi connectivity index (χ4v) is 2.81. The number of benzene rings is 1. The van der Waals surface area contributed by atoms with Gasteiger partial charge >= 0.3 is 5.69 Å². The molecule has 2 aromatic heterocycles. The van der Waals surface area contributed by atoms with Crippen LogP contribution in [-0.2, 0) is 6.61 Å². The molecule has 0 aliphatic heterocycles. The first-order chi connectivity index (χ1) is 10.1. The van der Waals surface area contributed by atoms with Crippen LogP contribution in [-0.4, -0.2) is 19.4 Å². The average molecular weight is 326 g/mol. The molecule has 7 nitrogen and oxygen atoms in total. The number of nitrogens with zero attached hydrogens (tertiary/aromatic N) is 3. The zero-order valence-electron chi connectivity index (χ0n) is 10.4. The Bertz CT molecular complexity index is 829. The van der Waals surface area contributed by atoms with Crippen molar-refractivity contribution in [2.24, 2.45) is 0 Å². The molecular formula is C12H8ClN3O4S. The Labute approximate surface area is 127 Å². The molecule has 0 fully saturated rings. The van der Waals surface area contributed by atoms with Gasteiger partial charge in [-0.15, -0.1) is 11.3 Å². The second-order valence-electron chi connectivity index (χ2n) is 4.02. The van der Waals surface area contributed by atoms with Gasteiger partial charge in [-0.25, -0.2) is 0 Å². The van der Waals surface area contributed by atoms with E-state index in [1.807, 2.05) is 5.38 Å². The van der Waals surface area contributed by atoms with Gasteiger partial charge in [0.2, 0.25) is 11.6 Å². The van der Waals surface area contributed by atoms with Crippen molar-refractivity contribution in [3.63, 3.8) is 0 Å². The van der Waals surface area contributed by atoms with Crippen LogP contribution in [0.25, 0.3) is 4.96 Å². The Hall–Kier alpha value is -2.16. The molecule has 1 aromatic carbocycles. The van der Waals surface area contributed by atoms with Crippen molar-refractivity contribution in [3.8, 4) is 11.6 Å². The zero-order chi connectivity index (χ0) is 15.0. The van der Waals surface area contributed by atoms with Crippen LogP contribution in [0.3, 0.4) is 0 Å². The van der Waals surface area contributed by atoms with Crippen LogP contribution in [0.4, 0.5) is 5.69 Å². The van der Waals surface area contributed by atoms with Gasteiger partial charge in [0, 0.05) is 17.6 Å². The minimum atomic E-state index is -0.585. The number of halogens is 1. The molecule has 0 aliphatic rings. The van der Waals surface area contributed by atoms with Crippen LogP contribution in [0.15, 0.2) is 29.8 Å². The van der Waals surface area contributed by atoms with Crippen molar-refractivity contribution < 1.29 is 14.8 Å². The Morgan fingerprint density at radius 1 is 1.52 bits per heavy atom. The summed E-state index contributed by atoms with van der Waals surface area (Å²) in [6.07, 6.45) is 1.73. The van der Waals surface area contributed by atoms with Crippen molar-refractivity contribution in [1.82, 2.24) is 9.38 Å². The summed E-state index contributed by atoms with van der Waals surface area (Å²) in [4.78, 5) is 15.3. The first-order valence-corrected chi connectivity index (χ1v) is 7.03. The van der Waals surface area contributed by atoms with Gasteiger partial charge < -0.3 is 9.84 Å². The molecule has 0 saturated heterocycles. The molecule has 3 aromatic rings. The monoisotopic (exact) mass is 325 g/mol. The number of nitro benzene ring substituents is 1. The summed E-state index contributed by atoms with van der Waals surface area (Å²) in [7, 11) is 0. The largest absolute Gasteiger partial charge is 0.428 e. The molecule has 0 aliphatic carbocycles. The van der Waals surface area contributed by atoms with E-state index < -0.39 is 4.92 Å². The van der Waals surface area contributed by atoms with Gasteiger partial charge in [-0.1, -0.05) is 17.7 Å². The van der Waals surface area contributed by atoms with Gasteiger partial charge in [0.1, 0.15) is 5.69 Å². The Kier molecular flexibility index (Phi) is 3.50. The molecule has 9 heteroatoms. The van der Waals surface area contributed by atoms with Crippen molar-refractivity contribution in [2.75, 3.05) is 0 Å². The van der Waals surface area contributed by atoms with Gasteiger partial charge in [-0.2, -0.15) is 4.98 Å². The van der Waals surface area contributed by atoms with Gasteiger partial charge in [0.25, 0.3) is 0 Å². The number of nitro groups is 1. The number of thiazole rings is 1. The minimum Gasteiger partial charge on any atom is -0.428 e. The molecule has 0 unspecified atom stereocenters. The van der Waals surface area contributed by atoms with Crippen LogP contribution in [0.5, 0.6) is 11.6 Å². The van der Waals surface area contributed by atoms with Crippen LogP contribution >= 0.6 is 22.9 Å². The predicted molar refractivity (Wildman–Crippen MR) is 77.2 cm³/mol. The summed E-state index contributed by atoms with van der Waals surface area (Å²) in [5.74, 6) is 0.00479. The van der Waals surface area contributed by atoms with E-state index in [4.69, 9.17) is 16.3 Å². The summed E-state index contributed by atoms with van der Waals surface area (Å²) in [6, 6.07) is 4.24. The second-order valence-corrected chi connectivity index (χ2v) is 5.30. The number of para-hydroxylation sites is 1. The number of hydrogen-bond donors (Lipinski definition) is 1. The lowest BCUT2D eigenvalue weighted by molar-refractivity contribution is -0.385. The molecule has 0 saturated carbocycles. The van der Waals surface area contributed by atoms with Crippen LogP contribution in [0.1, 0.15) is 5.69 Å². The predicted octanol–water partition coefficient (Wildman–Crippen LogP) is 3.24. The molecular weight excluding hydrogens is 318 g/mol. The Morgan fingerprint density at radius 2 is 2.33 bits per heavy atom. The first kappa shape index (κ1) is 13.8. The van der Waals surface area contributed by atoms with E-state index in [2.05, 4.69) is 4.98 Å². The SMILES string of the molecule is O=[N+]([O-])c1cccc(Cl)c1Oc1nc2sccn2c1CO. The van der Waals surface area contributed by atoms with E-state index in [9.17, 15) is 15.2 Å². The fourth-order valence-electron chi connectivity index (χ4n) is 1.88. The number of aliphatic hydroxyl groups excluding tert-OH is 1. The lowest BCUT2D eigenvalue weighted by atomic mass is 10.3. The number of aromatic nitrogens is 2. The van der Waals surface area contributed by atoms with Gasteiger partial charge in [0.05, 0.1) is 16.6 Å². The number of hydrogen-bond acceptors (Lipinski definition) is 6. The number of rotatable bonds is 4. The third-order valence-corrected chi connectivity index (χ3v) is 3.87. The number of fused-ring (bicyclic) bond motifs is 1. The maximum Gasteiger partial charge on any atom is 0.313 e. The van der Waals surface area contributed by atoms with Gasteiger partial charge in [-0.3, -0.25) is 14.5 Å². The quantitative estimate of drug-likeness (QED) is 0.587. The number of aliphatic hydroxyl groups is 1. The highest BCUT2D eigenvalue weighted by molar-refractivity contribution is 7.15. The molecule has 2 heterocycles. The highest BCUT2D eigenvalue weighted by Crippen LogP contribution is 2.38. The normalized spacial score (nSPS) is 11.0. The summed E-state index contributed by atoms with van der Waals surface area (Å²) in [6.45, 7) is -0.314. The highest BCUT2D eigenvalue weighted by atomic mass is 35.5. The van der Waals surface area contributed by atoms with Crippen LogP contribution in [0.2, 0.25) is 5.02 Å². The van der Waals surface area contributed by atoms with E-state index >= 15 is 0 Å². The fraction of sp³-hybridized carbons (Fsp3) is 0.0833. The lowest BCUT2D eigenvalue weighted by Crippen LogP contribution is -1.97. The molecule has 0 spiro atoms. The minimum absolute atomic E-state index is 0.0929. The van der Waals surface area contributed by atoms with E-state index in [1.165, 1.54) is 29.5 Å². The lowest BCUT2D eigenvalue weighted by Gasteiger charge is -2.06. The van der Waals surface area contributed by atoms with Crippen molar-refractivity contribution in [2.45, 2.75) is 6.61 Å². The molecule has 1 N–H and O–H groups in total. The van der Waals surface area contributed by atoms with Crippen LogP contribution in [0, 0.1) is 10.1 Å². The summed E-state index contributed by atoms with van der Waals surface area (Å²) < 4.78 is 7.16. The topological polar surface area (TPSA) is 89.9 Å². The second kappa shape index (κ2) is 5.32. The molecule has 3 rings (SSSR count). The third kappa shape index (κ3) is 2.33. The maximum absolute atomic E-state index is 11.0. The molecule has 108 valence electrons. The van der Waals surface area contributed by atoms with Crippen molar-refractivity contribution >= 4 is 33.6 Å². The maximum atomic E-state index is 11.0. The number of imidazole rings is 1.